The maximum atomic E-state index is 6.01. The smallest absolute Gasteiger partial charge is 0.0931 e. The summed E-state index contributed by atoms with van der Waals surface area (Å²) >= 11 is 9.76. The highest BCUT2D eigenvalue weighted by Gasteiger charge is 2.26. The van der Waals surface area contributed by atoms with Gasteiger partial charge in [0, 0.05) is 35.5 Å². The van der Waals surface area contributed by atoms with Crippen LogP contribution in [-0.2, 0) is 0 Å². The first-order valence-electron chi connectivity index (χ1n) is 6.05. The first-order valence-corrected chi connectivity index (χ1v) is 8.29. The molecule has 2 heterocycles. The molecule has 1 saturated heterocycles. The lowest BCUT2D eigenvalue weighted by molar-refractivity contribution is 0.210. The van der Waals surface area contributed by atoms with Gasteiger partial charge in [0.05, 0.1) is 10.4 Å². The lowest BCUT2D eigenvalue weighted by Crippen LogP contribution is -2.42. The zero-order valence-corrected chi connectivity index (χ0v) is 12.5. The summed E-state index contributed by atoms with van der Waals surface area (Å²) < 4.78 is 0.858. The molecule has 2 N–H and O–H groups in total. The minimum atomic E-state index is 0.349. The van der Waals surface area contributed by atoms with Gasteiger partial charge in [-0.05, 0) is 18.6 Å². The Morgan fingerprint density at radius 1 is 1.59 bits per heavy atom. The summed E-state index contributed by atoms with van der Waals surface area (Å²) in [5.41, 5.74) is 5.95. The van der Waals surface area contributed by atoms with Crippen LogP contribution in [0.4, 0.5) is 0 Å². The van der Waals surface area contributed by atoms with Crippen LogP contribution >= 0.6 is 34.7 Å². The second-order valence-electron chi connectivity index (χ2n) is 4.29. The van der Waals surface area contributed by atoms with Crippen molar-refractivity contribution < 1.29 is 0 Å². The highest BCUT2D eigenvalue weighted by Crippen LogP contribution is 2.33. The third kappa shape index (κ3) is 3.38. The Labute approximate surface area is 117 Å². The molecule has 2 atom stereocenters. The first-order chi connectivity index (χ1) is 8.24. The molecule has 1 aliphatic rings. The molecule has 0 radical (unpaired) electrons. The van der Waals surface area contributed by atoms with Gasteiger partial charge in [-0.2, -0.15) is 11.8 Å². The minimum absolute atomic E-state index is 0.349. The van der Waals surface area contributed by atoms with E-state index in [-0.39, 0.29) is 0 Å². The van der Waals surface area contributed by atoms with Crippen molar-refractivity contribution in [2.75, 3.05) is 25.4 Å². The largest absolute Gasteiger partial charge is 0.329 e. The zero-order chi connectivity index (χ0) is 12.3. The Bertz CT molecular complexity index is 356. The van der Waals surface area contributed by atoms with Crippen LogP contribution in [0.3, 0.4) is 0 Å². The predicted molar refractivity (Wildman–Crippen MR) is 79.2 cm³/mol. The van der Waals surface area contributed by atoms with Gasteiger partial charge in [-0.3, -0.25) is 4.90 Å². The van der Waals surface area contributed by atoms with E-state index in [9.17, 15) is 0 Å². The first kappa shape index (κ1) is 13.7. The van der Waals surface area contributed by atoms with Gasteiger partial charge in [-0.15, -0.1) is 11.3 Å². The van der Waals surface area contributed by atoms with Crippen molar-refractivity contribution in [1.29, 1.82) is 0 Å². The summed E-state index contributed by atoms with van der Waals surface area (Å²) in [7, 11) is 0. The summed E-state index contributed by atoms with van der Waals surface area (Å²) in [6.45, 7) is 5.23. The summed E-state index contributed by atoms with van der Waals surface area (Å²) in [4.78, 5) is 3.83. The lowest BCUT2D eigenvalue weighted by Gasteiger charge is -2.36. The van der Waals surface area contributed by atoms with Crippen LogP contribution in [0, 0.1) is 0 Å². The van der Waals surface area contributed by atoms with Crippen LogP contribution in [0.2, 0.25) is 4.34 Å². The molecule has 0 spiro atoms. The number of nitrogens with zero attached hydrogens (tertiary/aromatic N) is 1. The molecule has 1 aromatic rings. The Hall–Kier alpha value is 0.260. The van der Waals surface area contributed by atoms with Gasteiger partial charge < -0.3 is 5.73 Å². The molecular formula is C12H19ClN2S2. The van der Waals surface area contributed by atoms with E-state index in [4.69, 9.17) is 17.3 Å². The van der Waals surface area contributed by atoms with Gasteiger partial charge in [0.1, 0.15) is 0 Å². The molecule has 2 nitrogen and oxygen atoms in total. The Kier molecular flexibility index (Phi) is 5.18. The maximum Gasteiger partial charge on any atom is 0.0931 e. The summed E-state index contributed by atoms with van der Waals surface area (Å²) in [6, 6.07) is 4.44. The van der Waals surface area contributed by atoms with E-state index < -0.39 is 0 Å². The number of thiophene rings is 1. The van der Waals surface area contributed by atoms with Gasteiger partial charge in [0.15, 0.2) is 0 Å². The number of hydrogen-bond donors (Lipinski definition) is 1. The van der Waals surface area contributed by atoms with E-state index in [1.165, 1.54) is 17.1 Å². The van der Waals surface area contributed by atoms with Crippen LogP contribution in [0.15, 0.2) is 12.1 Å². The molecule has 0 aliphatic carbocycles. The van der Waals surface area contributed by atoms with E-state index in [1.54, 1.807) is 11.3 Å². The minimum Gasteiger partial charge on any atom is -0.329 e. The average Bonchev–Trinajstić information content (AvgIpc) is 2.77. The quantitative estimate of drug-likeness (QED) is 0.923. The molecule has 1 aliphatic heterocycles. The van der Waals surface area contributed by atoms with E-state index >= 15 is 0 Å². The van der Waals surface area contributed by atoms with Crippen molar-refractivity contribution in [2.45, 2.75) is 24.6 Å². The number of halogens is 1. The van der Waals surface area contributed by atoms with Crippen LogP contribution in [0.1, 0.15) is 24.3 Å². The van der Waals surface area contributed by atoms with Crippen molar-refractivity contribution in [3.05, 3.63) is 21.3 Å². The Balaban J connectivity index is 2.07. The van der Waals surface area contributed by atoms with E-state index in [0.29, 0.717) is 12.6 Å². The fraction of sp³-hybridized carbons (Fsp3) is 0.667. The number of thioether (sulfide) groups is 1. The molecule has 0 aromatic carbocycles. The molecular weight excluding hydrogens is 272 g/mol. The SMILES string of the molecule is CCC1CN(C(CN)c2ccc(Cl)s2)CCS1. The van der Waals surface area contributed by atoms with Gasteiger partial charge >= 0.3 is 0 Å². The molecule has 5 heteroatoms. The highest BCUT2D eigenvalue weighted by atomic mass is 35.5. The van der Waals surface area contributed by atoms with Crippen molar-refractivity contribution in [2.24, 2.45) is 5.73 Å². The maximum absolute atomic E-state index is 6.01. The second-order valence-corrected chi connectivity index (χ2v) is 7.44. The van der Waals surface area contributed by atoms with E-state index in [1.807, 2.05) is 6.07 Å². The fourth-order valence-corrected chi connectivity index (χ4v) is 4.64. The zero-order valence-electron chi connectivity index (χ0n) is 10.1. The van der Waals surface area contributed by atoms with Crippen molar-refractivity contribution in [3.63, 3.8) is 0 Å². The van der Waals surface area contributed by atoms with Crippen molar-refractivity contribution in [1.82, 2.24) is 4.90 Å². The van der Waals surface area contributed by atoms with Gasteiger partial charge in [-0.1, -0.05) is 18.5 Å². The molecule has 2 unspecified atom stereocenters. The molecule has 0 amide bonds. The topological polar surface area (TPSA) is 29.3 Å². The summed E-state index contributed by atoms with van der Waals surface area (Å²) in [5.74, 6) is 1.22. The third-order valence-corrected chi connectivity index (χ3v) is 5.92. The van der Waals surface area contributed by atoms with Crippen LogP contribution < -0.4 is 5.73 Å². The van der Waals surface area contributed by atoms with Crippen LogP contribution in [-0.4, -0.2) is 35.5 Å². The number of nitrogens with two attached hydrogens (primary N) is 1. The van der Waals surface area contributed by atoms with E-state index in [2.05, 4.69) is 29.7 Å². The monoisotopic (exact) mass is 290 g/mol. The van der Waals surface area contributed by atoms with Crippen molar-refractivity contribution in [3.8, 4) is 0 Å². The van der Waals surface area contributed by atoms with E-state index in [0.717, 1.165) is 22.7 Å². The second kappa shape index (κ2) is 6.43. The van der Waals surface area contributed by atoms with Crippen LogP contribution in [0.5, 0.6) is 0 Å². The Morgan fingerprint density at radius 3 is 3.00 bits per heavy atom. The predicted octanol–water partition coefficient (Wildman–Crippen LogP) is 3.23. The molecule has 1 fully saturated rings. The number of hydrogen-bond acceptors (Lipinski definition) is 4. The van der Waals surface area contributed by atoms with Gasteiger partial charge in [-0.25, -0.2) is 0 Å². The average molecular weight is 291 g/mol. The summed E-state index contributed by atoms with van der Waals surface area (Å²) in [6.07, 6.45) is 1.24. The number of rotatable bonds is 4. The van der Waals surface area contributed by atoms with Gasteiger partial charge in [0.25, 0.3) is 0 Å². The molecule has 96 valence electrons. The summed E-state index contributed by atoms with van der Waals surface area (Å²) in [5, 5.41) is 0.758. The molecule has 0 saturated carbocycles. The molecule has 0 bridgehead atoms. The highest BCUT2D eigenvalue weighted by molar-refractivity contribution is 8.00. The van der Waals surface area contributed by atoms with Crippen LogP contribution in [0.25, 0.3) is 0 Å². The molecule has 17 heavy (non-hydrogen) atoms. The third-order valence-electron chi connectivity index (χ3n) is 3.21. The molecule has 1 aromatic heterocycles. The lowest BCUT2D eigenvalue weighted by atomic mass is 10.1. The molecule has 2 rings (SSSR count). The van der Waals surface area contributed by atoms with Crippen molar-refractivity contribution >= 4 is 34.7 Å². The fourth-order valence-electron chi connectivity index (χ4n) is 2.22. The van der Waals surface area contributed by atoms with Gasteiger partial charge in [0.2, 0.25) is 0 Å². The Morgan fingerprint density at radius 2 is 2.41 bits per heavy atom. The standard InChI is InChI=1S/C12H19ClN2S2/c1-2-9-8-15(5-6-16-9)10(7-14)11-3-4-12(13)17-11/h3-4,9-10H,2,5-8,14H2,1H3. The normalized spacial score (nSPS) is 23.8.